The number of nitrogens with zero attached hydrogens (tertiary/aromatic N) is 1. The van der Waals surface area contributed by atoms with E-state index in [-0.39, 0.29) is 33.7 Å². The number of anilines is 1. The second kappa shape index (κ2) is 8.06. The number of amides is 1. The van der Waals surface area contributed by atoms with Crippen LogP contribution in [0.25, 0.3) is 0 Å². The molecule has 0 bridgehead atoms. The second-order valence-corrected chi connectivity index (χ2v) is 8.81. The van der Waals surface area contributed by atoms with Gasteiger partial charge in [0.25, 0.3) is 15.9 Å². The topological polar surface area (TPSA) is 75.7 Å². The summed E-state index contributed by atoms with van der Waals surface area (Å²) < 4.78 is 46.1. The first-order valence-electron chi connectivity index (χ1n) is 8.68. The number of hydrogen-bond donors (Lipinski definition) is 1. The summed E-state index contributed by atoms with van der Waals surface area (Å²) >= 11 is 6.12. The van der Waals surface area contributed by atoms with Crippen LogP contribution in [-0.2, 0) is 14.8 Å². The summed E-state index contributed by atoms with van der Waals surface area (Å²) in [4.78, 5) is 14.4. The Kier molecular flexibility index (Phi) is 5.92. The molecule has 0 aliphatic carbocycles. The van der Waals surface area contributed by atoms with Gasteiger partial charge in [-0.15, -0.1) is 0 Å². The average Bonchev–Trinajstić information content (AvgIpc) is 2.62. The molecule has 2 aromatic carbocycles. The summed E-state index contributed by atoms with van der Waals surface area (Å²) in [6, 6.07) is 8.81. The van der Waals surface area contributed by atoms with E-state index >= 15 is 0 Å². The van der Waals surface area contributed by atoms with E-state index in [1.54, 1.807) is 11.0 Å². The van der Waals surface area contributed by atoms with Gasteiger partial charge in [-0.1, -0.05) is 11.6 Å². The largest absolute Gasteiger partial charge is 0.372 e. The summed E-state index contributed by atoms with van der Waals surface area (Å²) in [5.41, 5.74) is 0.383. The first-order chi connectivity index (χ1) is 13.2. The van der Waals surface area contributed by atoms with Gasteiger partial charge in [-0.3, -0.25) is 9.52 Å². The predicted octanol–water partition coefficient (Wildman–Crippen LogP) is 3.53. The summed E-state index contributed by atoms with van der Waals surface area (Å²) in [6.45, 7) is 4.67. The van der Waals surface area contributed by atoms with Gasteiger partial charge in [-0.2, -0.15) is 0 Å². The third-order valence-electron chi connectivity index (χ3n) is 4.29. The quantitative estimate of drug-likeness (QED) is 0.811. The molecule has 1 saturated heterocycles. The number of rotatable bonds is 4. The maximum Gasteiger partial charge on any atom is 0.261 e. The van der Waals surface area contributed by atoms with Crippen molar-refractivity contribution in [2.75, 3.05) is 17.8 Å². The third-order valence-corrected chi connectivity index (χ3v) is 6.00. The number of sulfonamides is 1. The minimum atomic E-state index is -3.98. The molecule has 2 unspecified atom stereocenters. The average molecular weight is 427 g/mol. The highest BCUT2D eigenvalue weighted by Crippen LogP contribution is 2.27. The first kappa shape index (κ1) is 20.6. The highest BCUT2D eigenvalue weighted by Gasteiger charge is 2.27. The van der Waals surface area contributed by atoms with Gasteiger partial charge in [0.1, 0.15) is 5.82 Å². The Hall–Kier alpha value is -2.16. The molecule has 1 N–H and O–H groups in total. The van der Waals surface area contributed by atoms with Gasteiger partial charge in [-0.25, -0.2) is 12.8 Å². The molecular weight excluding hydrogens is 407 g/mol. The van der Waals surface area contributed by atoms with Crippen LogP contribution in [0.15, 0.2) is 47.4 Å². The minimum absolute atomic E-state index is 0.0752. The number of halogens is 2. The van der Waals surface area contributed by atoms with Crippen LogP contribution in [0.5, 0.6) is 0 Å². The number of ether oxygens (including phenoxy) is 1. The fourth-order valence-corrected chi connectivity index (χ4v) is 4.37. The number of benzene rings is 2. The van der Waals surface area contributed by atoms with Gasteiger partial charge in [-0.05, 0) is 56.3 Å². The molecule has 2 aromatic rings. The molecule has 150 valence electrons. The predicted molar refractivity (Wildman–Crippen MR) is 105 cm³/mol. The van der Waals surface area contributed by atoms with Crippen molar-refractivity contribution in [3.63, 3.8) is 0 Å². The lowest BCUT2D eigenvalue weighted by atomic mass is 10.1. The van der Waals surface area contributed by atoms with Crippen LogP contribution < -0.4 is 4.72 Å². The van der Waals surface area contributed by atoms with Crippen molar-refractivity contribution in [2.45, 2.75) is 31.0 Å². The fourth-order valence-electron chi connectivity index (χ4n) is 3.08. The molecule has 1 heterocycles. The van der Waals surface area contributed by atoms with E-state index in [2.05, 4.69) is 4.72 Å². The molecule has 0 radical (unpaired) electrons. The molecule has 3 rings (SSSR count). The monoisotopic (exact) mass is 426 g/mol. The molecule has 28 heavy (non-hydrogen) atoms. The van der Waals surface area contributed by atoms with Crippen molar-refractivity contribution in [3.8, 4) is 0 Å². The molecule has 9 heteroatoms. The molecule has 2 atom stereocenters. The minimum Gasteiger partial charge on any atom is -0.372 e. The lowest BCUT2D eigenvalue weighted by Gasteiger charge is -2.35. The van der Waals surface area contributed by atoms with Gasteiger partial charge in [0.15, 0.2) is 0 Å². The Bertz CT molecular complexity index is 972. The van der Waals surface area contributed by atoms with Crippen LogP contribution in [0.1, 0.15) is 24.2 Å². The maximum absolute atomic E-state index is 13.1. The molecule has 0 spiro atoms. The second-order valence-electron chi connectivity index (χ2n) is 6.72. The Morgan fingerprint density at radius 3 is 2.36 bits per heavy atom. The normalized spacial score (nSPS) is 20.1. The summed E-state index contributed by atoms with van der Waals surface area (Å²) in [7, 11) is -3.98. The zero-order valence-electron chi connectivity index (χ0n) is 15.4. The molecule has 6 nitrogen and oxygen atoms in total. The lowest BCUT2D eigenvalue weighted by Crippen LogP contribution is -2.48. The van der Waals surface area contributed by atoms with E-state index in [1.807, 2.05) is 13.8 Å². The lowest BCUT2D eigenvalue weighted by molar-refractivity contribution is -0.0586. The molecule has 0 aromatic heterocycles. The zero-order valence-corrected chi connectivity index (χ0v) is 16.9. The van der Waals surface area contributed by atoms with Gasteiger partial charge in [0, 0.05) is 18.7 Å². The zero-order chi connectivity index (χ0) is 20.5. The molecule has 1 aliphatic rings. The number of nitrogens with one attached hydrogen (secondary N) is 1. The highest BCUT2D eigenvalue weighted by atomic mass is 35.5. The Morgan fingerprint density at radius 1 is 1.14 bits per heavy atom. The first-order valence-corrected chi connectivity index (χ1v) is 10.5. The van der Waals surface area contributed by atoms with Gasteiger partial charge in [0.05, 0.1) is 27.8 Å². The van der Waals surface area contributed by atoms with Crippen molar-refractivity contribution >= 4 is 33.2 Å². The summed E-state index contributed by atoms with van der Waals surface area (Å²) in [6.07, 6.45) is -0.173. The van der Waals surface area contributed by atoms with Crippen LogP contribution in [-0.4, -0.2) is 44.5 Å². The van der Waals surface area contributed by atoms with Crippen LogP contribution in [0, 0.1) is 5.82 Å². The van der Waals surface area contributed by atoms with Crippen molar-refractivity contribution in [1.82, 2.24) is 4.90 Å². The molecule has 1 fully saturated rings. The number of carbonyl (C=O) groups excluding carboxylic acids is 1. The van der Waals surface area contributed by atoms with Gasteiger partial charge >= 0.3 is 0 Å². The van der Waals surface area contributed by atoms with E-state index in [1.165, 1.54) is 12.1 Å². The Balaban J connectivity index is 1.85. The maximum atomic E-state index is 13.1. The van der Waals surface area contributed by atoms with E-state index in [9.17, 15) is 17.6 Å². The smallest absolute Gasteiger partial charge is 0.261 e. The summed E-state index contributed by atoms with van der Waals surface area (Å²) in [5.74, 6) is -0.778. The molecule has 1 amide bonds. The SMILES string of the molecule is CC1CN(C(=O)c2ccc(Cl)c(NS(=O)(=O)c3ccc(F)cc3)c2)CC(C)O1. The van der Waals surface area contributed by atoms with Gasteiger partial charge < -0.3 is 9.64 Å². The van der Waals surface area contributed by atoms with Crippen LogP contribution in [0.4, 0.5) is 10.1 Å². The highest BCUT2D eigenvalue weighted by molar-refractivity contribution is 7.92. The van der Waals surface area contributed by atoms with E-state index in [4.69, 9.17) is 16.3 Å². The van der Waals surface area contributed by atoms with Crippen molar-refractivity contribution < 1.29 is 22.3 Å². The van der Waals surface area contributed by atoms with E-state index < -0.39 is 15.8 Å². The molecular formula is C19H20ClFN2O4S. The van der Waals surface area contributed by atoms with Crippen LogP contribution in [0.3, 0.4) is 0 Å². The third kappa shape index (κ3) is 4.63. The molecule has 0 saturated carbocycles. The van der Waals surface area contributed by atoms with Crippen molar-refractivity contribution in [1.29, 1.82) is 0 Å². The van der Waals surface area contributed by atoms with Gasteiger partial charge in [0.2, 0.25) is 0 Å². The Morgan fingerprint density at radius 2 is 1.75 bits per heavy atom. The summed E-state index contributed by atoms with van der Waals surface area (Å²) in [5, 5.41) is 0.144. The molecule has 1 aliphatic heterocycles. The van der Waals surface area contributed by atoms with E-state index in [0.717, 1.165) is 24.3 Å². The van der Waals surface area contributed by atoms with Crippen LogP contribution >= 0.6 is 11.6 Å². The number of morpholine rings is 1. The Labute approximate surface area is 168 Å². The standard InChI is InChI=1S/C19H20ClFN2O4S/c1-12-10-23(11-13(2)27-12)19(24)14-3-8-17(20)18(9-14)22-28(25,26)16-6-4-15(21)5-7-16/h3-9,12-13,22H,10-11H2,1-2H3. The van der Waals surface area contributed by atoms with Crippen LogP contribution in [0.2, 0.25) is 5.02 Å². The fraction of sp³-hybridized carbons (Fsp3) is 0.316. The van der Waals surface area contributed by atoms with Crippen molar-refractivity contribution in [2.24, 2.45) is 0 Å². The van der Waals surface area contributed by atoms with Crippen molar-refractivity contribution in [3.05, 3.63) is 58.9 Å². The number of carbonyl (C=O) groups is 1. The van der Waals surface area contributed by atoms with E-state index in [0.29, 0.717) is 18.7 Å². The number of hydrogen-bond acceptors (Lipinski definition) is 4.